The second-order valence-electron chi connectivity index (χ2n) is 11.5. The summed E-state index contributed by atoms with van der Waals surface area (Å²) in [5.74, 6) is 0.844. The largest absolute Gasteiger partial charge is 0.508 e. The van der Waals surface area contributed by atoms with Crippen LogP contribution in [0.15, 0.2) is 17.0 Å². The molecule has 0 atom stereocenters. The smallest absolute Gasteiger partial charge is 0.243 e. The minimum atomic E-state index is -3.74. The summed E-state index contributed by atoms with van der Waals surface area (Å²) in [5, 5.41) is 12.9. The number of rotatable bonds is 10. The van der Waals surface area contributed by atoms with E-state index in [9.17, 15) is 18.3 Å². The summed E-state index contributed by atoms with van der Waals surface area (Å²) in [7, 11) is -2.23. The molecule has 4 rings (SSSR count). The maximum Gasteiger partial charge on any atom is 0.243 e. The molecular formula is C28H46N4O4S. The van der Waals surface area contributed by atoms with Crippen LogP contribution >= 0.6 is 0 Å². The van der Waals surface area contributed by atoms with E-state index < -0.39 is 10.0 Å². The van der Waals surface area contributed by atoms with Crippen LogP contribution in [0.1, 0.15) is 68.9 Å². The fourth-order valence-corrected chi connectivity index (χ4v) is 7.91. The van der Waals surface area contributed by atoms with Gasteiger partial charge in [-0.2, -0.15) is 0 Å². The van der Waals surface area contributed by atoms with E-state index >= 15 is 0 Å². The molecule has 3 aliphatic rings. The van der Waals surface area contributed by atoms with Crippen LogP contribution in [0.4, 0.5) is 0 Å². The molecule has 2 saturated heterocycles. The third-order valence-corrected chi connectivity index (χ3v) is 11.0. The van der Waals surface area contributed by atoms with Crippen molar-refractivity contribution in [3.8, 4) is 5.75 Å². The minimum Gasteiger partial charge on any atom is -0.508 e. The van der Waals surface area contributed by atoms with Crippen LogP contribution in [0.3, 0.4) is 0 Å². The Hall–Kier alpha value is -1.68. The average molecular weight is 535 g/mol. The highest BCUT2D eigenvalue weighted by molar-refractivity contribution is 7.89. The normalized spacial score (nSPS) is 24.2. The van der Waals surface area contributed by atoms with Crippen molar-refractivity contribution in [1.29, 1.82) is 0 Å². The topological polar surface area (TPSA) is 93.2 Å². The zero-order chi connectivity index (χ0) is 26.6. The number of likely N-dealkylation sites (tertiary alicyclic amines) is 2. The number of aryl methyl sites for hydroxylation is 2. The predicted octanol–water partition coefficient (Wildman–Crippen LogP) is 3.25. The van der Waals surface area contributed by atoms with Crippen molar-refractivity contribution in [3.63, 3.8) is 0 Å². The number of nitrogens with one attached hydrogen (secondary N) is 1. The molecule has 1 aromatic rings. The first-order valence-electron chi connectivity index (χ1n) is 14.2. The van der Waals surface area contributed by atoms with Crippen molar-refractivity contribution in [2.75, 3.05) is 46.3 Å². The molecule has 0 unspecified atom stereocenters. The number of phenolic OH excluding ortho intramolecular Hbond substituents is 1. The van der Waals surface area contributed by atoms with Gasteiger partial charge in [-0.15, -0.1) is 0 Å². The molecule has 0 radical (unpaired) electrons. The first-order valence-corrected chi connectivity index (χ1v) is 15.6. The van der Waals surface area contributed by atoms with Gasteiger partial charge in [-0.1, -0.05) is 0 Å². The highest BCUT2D eigenvalue weighted by Gasteiger charge is 2.30. The van der Waals surface area contributed by atoms with Crippen LogP contribution in [0.5, 0.6) is 5.75 Å². The van der Waals surface area contributed by atoms with Gasteiger partial charge in [0.25, 0.3) is 0 Å². The molecule has 208 valence electrons. The molecular weight excluding hydrogens is 488 g/mol. The molecule has 0 bridgehead atoms. The molecule has 0 aromatic heterocycles. The van der Waals surface area contributed by atoms with Gasteiger partial charge in [0, 0.05) is 32.1 Å². The average Bonchev–Trinajstić information content (AvgIpc) is 2.81. The molecule has 3 fully saturated rings. The standard InChI is InChI=1S/C28H46N4O4S/c1-21-19-26(33)20-22(2)28(21)37(35,36)30(3)15-12-27(34)29-24-5-7-25(8-6-24)32-17-10-23(11-18-32)9-16-31-13-4-14-31/h19-20,23-25,33H,4-18H2,1-3H3,(H,29,34). The van der Waals surface area contributed by atoms with Gasteiger partial charge in [-0.3, -0.25) is 4.79 Å². The van der Waals surface area contributed by atoms with Crippen molar-refractivity contribution in [2.24, 2.45) is 5.92 Å². The Morgan fingerprint density at radius 3 is 2.22 bits per heavy atom. The first-order chi connectivity index (χ1) is 17.6. The number of sulfonamides is 1. The Balaban J connectivity index is 1.15. The number of hydrogen-bond donors (Lipinski definition) is 2. The van der Waals surface area contributed by atoms with E-state index in [0.29, 0.717) is 17.2 Å². The number of phenols is 1. The van der Waals surface area contributed by atoms with Gasteiger partial charge in [0.15, 0.2) is 0 Å². The summed E-state index contributed by atoms with van der Waals surface area (Å²) in [4.78, 5) is 18.1. The van der Waals surface area contributed by atoms with Crippen molar-refractivity contribution in [1.82, 2.24) is 19.4 Å². The fraction of sp³-hybridized carbons (Fsp3) is 0.750. The molecule has 2 N–H and O–H groups in total. The fourth-order valence-electron chi connectivity index (χ4n) is 6.33. The summed E-state index contributed by atoms with van der Waals surface area (Å²) in [6.45, 7) is 9.78. The zero-order valence-electron chi connectivity index (χ0n) is 22.9. The van der Waals surface area contributed by atoms with E-state index in [4.69, 9.17) is 0 Å². The number of carbonyl (C=O) groups is 1. The Morgan fingerprint density at radius 2 is 1.65 bits per heavy atom. The molecule has 1 aromatic carbocycles. The Bertz CT molecular complexity index is 1000. The summed E-state index contributed by atoms with van der Waals surface area (Å²) in [6, 6.07) is 3.72. The molecule has 8 nitrogen and oxygen atoms in total. The summed E-state index contributed by atoms with van der Waals surface area (Å²) in [6.07, 6.45) is 9.74. The lowest BCUT2D eigenvalue weighted by molar-refractivity contribution is -0.122. The van der Waals surface area contributed by atoms with E-state index in [1.807, 2.05) is 0 Å². The van der Waals surface area contributed by atoms with Gasteiger partial charge in [0.1, 0.15) is 5.75 Å². The van der Waals surface area contributed by atoms with Crippen molar-refractivity contribution in [2.45, 2.75) is 88.6 Å². The third-order valence-electron chi connectivity index (χ3n) is 8.80. The maximum atomic E-state index is 13.1. The first kappa shape index (κ1) is 28.3. The number of nitrogens with zero attached hydrogens (tertiary/aromatic N) is 3. The number of amides is 1. The van der Waals surface area contributed by atoms with Crippen LogP contribution in [0.25, 0.3) is 0 Å². The SMILES string of the molecule is Cc1cc(O)cc(C)c1S(=O)(=O)N(C)CCC(=O)NC1CCC(N2CCC(CCN3CCC3)CC2)CC1. The molecule has 2 heterocycles. The summed E-state index contributed by atoms with van der Waals surface area (Å²) < 4.78 is 27.4. The lowest BCUT2D eigenvalue weighted by Crippen LogP contribution is -2.47. The number of benzene rings is 1. The second-order valence-corrected chi connectivity index (χ2v) is 13.5. The van der Waals surface area contributed by atoms with Crippen LogP contribution in [0.2, 0.25) is 0 Å². The molecule has 2 aliphatic heterocycles. The highest BCUT2D eigenvalue weighted by Crippen LogP contribution is 2.30. The molecule has 1 amide bonds. The van der Waals surface area contributed by atoms with Gasteiger partial charge in [0.2, 0.25) is 15.9 Å². The molecule has 1 saturated carbocycles. The molecule has 9 heteroatoms. The Morgan fingerprint density at radius 1 is 1.03 bits per heavy atom. The van der Waals surface area contributed by atoms with E-state index in [1.54, 1.807) is 13.8 Å². The summed E-state index contributed by atoms with van der Waals surface area (Å²) in [5.41, 5.74) is 1.00. The van der Waals surface area contributed by atoms with Crippen molar-refractivity contribution < 1.29 is 18.3 Å². The van der Waals surface area contributed by atoms with E-state index in [1.165, 1.54) is 81.9 Å². The van der Waals surface area contributed by atoms with Crippen molar-refractivity contribution >= 4 is 15.9 Å². The molecule has 0 spiro atoms. The van der Waals surface area contributed by atoms with E-state index in [0.717, 1.165) is 31.6 Å². The predicted molar refractivity (Wildman–Crippen MR) is 146 cm³/mol. The van der Waals surface area contributed by atoms with Gasteiger partial charge in [-0.05, 0) is 127 Å². The van der Waals surface area contributed by atoms with Gasteiger partial charge >= 0.3 is 0 Å². The Labute approximate surface area is 223 Å². The third kappa shape index (κ3) is 7.25. The quantitative estimate of drug-likeness (QED) is 0.479. The van der Waals surface area contributed by atoms with Crippen LogP contribution in [0, 0.1) is 19.8 Å². The molecule has 37 heavy (non-hydrogen) atoms. The summed E-state index contributed by atoms with van der Waals surface area (Å²) >= 11 is 0. The lowest BCUT2D eigenvalue weighted by Gasteiger charge is -2.41. The molecule has 1 aliphatic carbocycles. The van der Waals surface area contributed by atoms with Gasteiger partial charge in [0.05, 0.1) is 4.90 Å². The maximum absolute atomic E-state index is 13.1. The Kier molecular flexibility index (Phi) is 9.53. The highest BCUT2D eigenvalue weighted by atomic mass is 32.2. The van der Waals surface area contributed by atoms with Crippen molar-refractivity contribution in [3.05, 3.63) is 23.3 Å². The van der Waals surface area contributed by atoms with Gasteiger partial charge < -0.3 is 20.2 Å². The van der Waals surface area contributed by atoms with Gasteiger partial charge in [-0.25, -0.2) is 12.7 Å². The van der Waals surface area contributed by atoms with E-state index in [2.05, 4.69) is 15.1 Å². The monoisotopic (exact) mass is 534 g/mol. The number of carbonyl (C=O) groups excluding carboxylic acids is 1. The number of hydrogen-bond acceptors (Lipinski definition) is 6. The van der Waals surface area contributed by atoms with Crippen LogP contribution < -0.4 is 5.32 Å². The minimum absolute atomic E-state index is 0.0489. The lowest BCUT2D eigenvalue weighted by atomic mass is 9.86. The van der Waals surface area contributed by atoms with Crippen LogP contribution in [-0.2, 0) is 14.8 Å². The number of aromatic hydroxyl groups is 1. The number of piperidine rings is 1. The zero-order valence-corrected chi connectivity index (χ0v) is 23.7. The second kappa shape index (κ2) is 12.5. The van der Waals surface area contributed by atoms with E-state index in [-0.39, 0.29) is 35.6 Å². The van der Waals surface area contributed by atoms with Crippen LogP contribution in [-0.4, -0.2) is 91.9 Å².